The van der Waals surface area contributed by atoms with Crippen LogP contribution in [-0.4, -0.2) is 6.04 Å². The van der Waals surface area contributed by atoms with Crippen molar-refractivity contribution in [3.63, 3.8) is 0 Å². The highest BCUT2D eigenvalue weighted by atomic mass is 35.5. The highest BCUT2D eigenvalue weighted by molar-refractivity contribution is 6.30. The number of hydrogen-bond donors (Lipinski definition) is 2. The van der Waals surface area contributed by atoms with Crippen molar-refractivity contribution in [2.24, 2.45) is 11.8 Å². The molecule has 0 heterocycles. The van der Waals surface area contributed by atoms with Crippen LogP contribution >= 0.6 is 11.6 Å². The van der Waals surface area contributed by atoms with Gasteiger partial charge in [-0.3, -0.25) is 11.3 Å². The van der Waals surface area contributed by atoms with Crippen LogP contribution in [0.1, 0.15) is 37.7 Å². The molecular weight excluding hydrogens is 251 g/mol. The Morgan fingerprint density at radius 2 is 2.06 bits per heavy atom. The monoisotopic (exact) mass is 270 g/mol. The summed E-state index contributed by atoms with van der Waals surface area (Å²) in [5.41, 5.74) is 3.55. The van der Waals surface area contributed by atoms with Gasteiger partial charge in [-0.25, -0.2) is 4.39 Å². The van der Waals surface area contributed by atoms with E-state index in [1.54, 1.807) is 12.1 Å². The second-order valence-electron chi connectivity index (χ2n) is 5.11. The number of hydrogen-bond acceptors (Lipinski definition) is 2. The molecule has 1 fully saturated rings. The van der Waals surface area contributed by atoms with Crippen LogP contribution in [0.2, 0.25) is 5.02 Å². The molecule has 1 unspecified atom stereocenters. The summed E-state index contributed by atoms with van der Waals surface area (Å²) in [6.45, 7) is 0. The topological polar surface area (TPSA) is 38.0 Å². The van der Waals surface area contributed by atoms with Crippen molar-refractivity contribution in [2.45, 2.75) is 44.6 Å². The molecule has 0 saturated heterocycles. The maximum Gasteiger partial charge on any atom is 0.127 e. The molecule has 1 aliphatic carbocycles. The van der Waals surface area contributed by atoms with Crippen molar-refractivity contribution in [2.75, 3.05) is 0 Å². The lowest BCUT2D eigenvalue weighted by molar-refractivity contribution is 0.267. The fourth-order valence-electron chi connectivity index (χ4n) is 2.82. The van der Waals surface area contributed by atoms with Gasteiger partial charge >= 0.3 is 0 Å². The molecule has 1 aliphatic rings. The van der Waals surface area contributed by atoms with E-state index < -0.39 is 0 Å². The predicted octanol–water partition coefficient (Wildman–Crippen LogP) is 3.43. The van der Waals surface area contributed by atoms with E-state index in [0.29, 0.717) is 22.9 Å². The number of halogens is 2. The van der Waals surface area contributed by atoms with Crippen LogP contribution in [0, 0.1) is 11.7 Å². The summed E-state index contributed by atoms with van der Waals surface area (Å²) >= 11 is 5.76. The lowest BCUT2D eigenvalue weighted by Gasteiger charge is -2.30. The number of rotatable bonds is 4. The standard InChI is InChI=1S/C14H20ClFN2/c15-12-7-6-11(13(16)9-12)8-14(18-17)10-4-2-1-3-5-10/h6-7,9-10,14,18H,1-5,8,17H2. The largest absolute Gasteiger partial charge is 0.271 e. The first-order chi connectivity index (χ1) is 8.70. The van der Waals surface area contributed by atoms with Gasteiger partial charge in [-0.1, -0.05) is 36.9 Å². The minimum atomic E-state index is -0.237. The van der Waals surface area contributed by atoms with E-state index in [1.807, 2.05) is 0 Å². The number of hydrazine groups is 1. The molecule has 4 heteroatoms. The molecule has 0 radical (unpaired) electrons. The molecule has 2 nitrogen and oxygen atoms in total. The van der Waals surface area contributed by atoms with Gasteiger partial charge in [-0.2, -0.15) is 0 Å². The Labute approximate surface area is 113 Å². The van der Waals surface area contributed by atoms with Crippen LogP contribution in [0.25, 0.3) is 0 Å². The average molecular weight is 271 g/mol. The van der Waals surface area contributed by atoms with Gasteiger partial charge in [0.05, 0.1) is 0 Å². The summed E-state index contributed by atoms with van der Waals surface area (Å²) in [4.78, 5) is 0. The minimum absolute atomic E-state index is 0.154. The zero-order valence-electron chi connectivity index (χ0n) is 10.5. The van der Waals surface area contributed by atoms with Crippen LogP contribution in [0.15, 0.2) is 18.2 Å². The predicted molar refractivity (Wildman–Crippen MR) is 72.8 cm³/mol. The summed E-state index contributed by atoms with van der Waals surface area (Å²) < 4.78 is 13.8. The minimum Gasteiger partial charge on any atom is -0.271 e. The van der Waals surface area contributed by atoms with Gasteiger partial charge in [0.15, 0.2) is 0 Å². The molecule has 3 N–H and O–H groups in total. The van der Waals surface area contributed by atoms with Gasteiger partial charge in [0.2, 0.25) is 0 Å². The lowest BCUT2D eigenvalue weighted by atomic mass is 9.82. The second kappa shape index (κ2) is 6.50. The Morgan fingerprint density at radius 3 is 2.67 bits per heavy atom. The van der Waals surface area contributed by atoms with Crippen LogP contribution < -0.4 is 11.3 Å². The maximum atomic E-state index is 13.8. The van der Waals surface area contributed by atoms with Crippen molar-refractivity contribution in [1.29, 1.82) is 0 Å². The van der Waals surface area contributed by atoms with Crippen molar-refractivity contribution in [3.05, 3.63) is 34.6 Å². The summed E-state index contributed by atoms with van der Waals surface area (Å²) in [5.74, 6) is 5.95. The van der Waals surface area contributed by atoms with Crippen LogP contribution in [0.5, 0.6) is 0 Å². The first kappa shape index (κ1) is 13.8. The van der Waals surface area contributed by atoms with Crippen LogP contribution in [0.4, 0.5) is 4.39 Å². The first-order valence-corrected chi connectivity index (χ1v) is 6.98. The highest BCUT2D eigenvalue weighted by Crippen LogP contribution is 2.28. The molecule has 0 spiro atoms. The van der Waals surface area contributed by atoms with Crippen molar-refractivity contribution in [1.82, 2.24) is 5.43 Å². The fraction of sp³-hybridized carbons (Fsp3) is 0.571. The van der Waals surface area contributed by atoms with Crippen molar-refractivity contribution >= 4 is 11.6 Å². The number of nitrogens with two attached hydrogens (primary N) is 1. The van der Waals surface area contributed by atoms with Gasteiger partial charge < -0.3 is 0 Å². The number of benzene rings is 1. The van der Waals surface area contributed by atoms with Crippen LogP contribution in [0.3, 0.4) is 0 Å². The Hall–Kier alpha value is -0.640. The molecule has 0 amide bonds. The van der Waals surface area contributed by atoms with Crippen molar-refractivity contribution < 1.29 is 4.39 Å². The Kier molecular flexibility index (Phi) is 4.98. The molecular formula is C14H20ClFN2. The van der Waals surface area contributed by atoms with Gasteiger partial charge in [0.1, 0.15) is 5.82 Å². The van der Waals surface area contributed by atoms with Gasteiger partial charge in [0, 0.05) is 11.1 Å². The van der Waals surface area contributed by atoms with Gasteiger partial charge in [0.25, 0.3) is 0 Å². The van der Waals surface area contributed by atoms with E-state index in [1.165, 1.54) is 38.2 Å². The molecule has 1 saturated carbocycles. The van der Waals surface area contributed by atoms with Gasteiger partial charge in [-0.15, -0.1) is 0 Å². The fourth-order valence-corrected chi connectivity index (χ4v) is 2.98. The number of nitrogens with one attached hydrogen (secondary N) is 1. The molecule has 1 atom stereocenters. The summed E-state index contributed by atoms with van der Waals surface area (Å²) in [6, 6.07) is 5.01. The Balaban J connectivity index is 2.04. The molecule has 100 valence electrons. The maximum absolute atomic E-state index is 13.8. The smallest absolute Gasteiger partial charge is 0.127 e. The van der Waals surface area contributed by atoms with Crippen molar-refractivity contribution in [3.8, 4) is 0 Å². The Bertz CT molecular complexity index is 391. The van der Waals surface area contributed by atoms with E-state index in [9.17, 15) is 4.39 Å². The average Bonchev–Trinajstić information content (AvgIpc) is 2.39. The zero-order chi connectivity index (χ0) is 13.0. The van der Waals surface area contributed by atoms with E-state index in [4.69, 9.17) is 17.4 Å². The molecule has 2 rings (SSSR count). The molecule has 0 aromatic heterocycles. The molecule has 18 heavy (non-hydrogen) atoms. The highest BCUT2D eigenvalue weighted by Gasteiger charge is 2.23. The quantitative estimate of drug-likeness (QED) is 0.650. The lowest BCUT2D eigenvalue weighted by Crippen LogP contribution is -2.43. The summed E-state index contributed by atoms with van der Waals surface area (Å²) in [5, 5.41) is 0.436. The second-order valence-corrected chi connectivity index (χ2v) is 5.55. The van der Waals surface area contributed by atoms with E-state index in [2.05, 4.69) is 5.43 Å². The first-order valence-electron chi connectivity index (χ1n) is 6.60. The SMILES string of the molecule is NNC(Cc1ccc(Cl)cc1F)C1CCCCC1. The molecule has 0 aliphatic heterocycles. The normalized spacial score (nSPS) is 18.8. The zero-order valence-corrected chi connectivity index (χ0v) is 11.2. The van der Waals surface area contributed by atoms with E-state index in [0.717, 1.165) is 0 Å². The molecule has 1 aromatic rings. The van der Waals surface area contributed by atoms with Crippen LogP contribution in [-0.2, 0) is 6.42 Å². The van der Waals surface area contributed by atoms with Gasteiger partial charge in [-0.05, 0) is 42.9 Å². The summed E-state index contributed by atoms with van der Waals surface area (Å²) in [7, 11) is 0. The third kappa shape index (κ3) is 3.44. The summed E-state index contributed by atoms with van der Waals surface area (Å²) in [6.07, 6.45) is 6.82. The van der Waals surface area contributed by atoms with E-state index in [-0.39, 0.29) is 11.9 Å². The third-order valence-corrected chi connectivity index (χ3v) is 4.12. The molecule has 0 bridgehead atoms. The van der Waals surface area contributed by atoms with E-state index >= 15 is 0 Å². The Morgan fingerprint density at radius 1 is 1.33 bits per heavy atom. The molecule has 1 aromatic carbocycles. The third-order valence-electron chi connectivity index (χ3n) is 3.89.